The van der Waals surface area contributed by atoms with E-state index in [9.17, 15) is 9.59 Å². The van der Waals surface area contributed by atoms with Gasteiger partial charge in [0.25, 0.3) is 11.8 Å². The number of nitrogens with one attached hydrogen (secondary N) is 1. The van der Waals surface area contributed by atoms with E-state index in [1.807, 2.05) is 31.4 Å². The quantitative estimate of drug-likeness (QED) is 0.421. The lowest BCUT2D eigenvalue weighted by molar-refractivity contribution is -0.120. The molecule has 0 bridgehead atoms. The first-order valence-electron chi connectivity index (χ1n) is 8.23. The minimum atomic E-state index is -0.365. The van der Waals surface area contributed by atoms with E-state index < -0.39 is 0 Å². The van der Waals surface area contributed by atoms with E-state index in [4.69, 9.17) is 10.6 Å². The molecule has 138 valence electrons. The van der Waals surface area contributed by atoms with Crippen molar-refractivity contribution in [1.29, 1.82) is 0 Å². The van der Waals surface area contributed by atoms with Gasteiger partial charge in [-0.3, -0.25) is 9.59 Å². The first kappa shape index (κ1) is 19.5. The molecule has 0 unspecified atom stereocenters. The number of carbonyl (C=O) groups is 2. The zero-order chi connectivity index (χ0) is 18.9. The van der Waals surface area contributed by atoms with Crippen molar-refractivity contribution in [2.75, 3.05) is 25.0 Å². The molecule has 2 aromatic rings. The highest BCUT2D eigenvalue weighted by atomic mass is 32.1. The number of carbonyl (C=O) groups excluding carboxylic acids is 2. The van der Waals surface area contributed by atoms with Gasteiger partial charge in [-0.15, -0.1) is 11.3 Å². The summed E-state index contributed by atoms with van der Waals surface area (Å²) in [6.45, 7) is 4.92. The van der Waals surface area contributed by atoms with E-state index in [0.717, 1.165) is 4.88 Å². The molecule has 7 nitrogen and oxygen atoms in total. The molecule has 1 aromatic heterocycles. The van der Waals surface area contributed by atoms with E-state index in [0.29, 0.717) is 24.3 Å². The second-order valence-corrected chi connectivity index (χ2v) is 6.28. The number of benzene rings is 1. The van der Waals surface area contributed by atoms with Gasteiger partial charge in [0.15, 0.2) is 12.4 Å². The Balaban J connectivity index is 1.85. The number of anilines is 1. The van der Waals surface area contributed by atoms with Gasteiger partial charge in [-0.25, -0.2) is 0 Å². The summed E-state index contributed by atoms with van der Waals surface area (Å²) in [5.74, 6) is -0.169. The highest BCUT2D eigenvalue weighted by Crippen LogP contribution is 2.12. The van der Waals surface area contributed by atoms with E-state index in [-0.39, 0.29) is 24.3 Å². The van der Waals surface area contributed by atoms with E-state index in [1.165, 1.54) is 11.3 Å². The Hall–Kier alpha value is -2.87. The van der Waals surface area contributed by atoms with Crippen LogP contribution < -0.4 is 11.1 Å². The standard InChI is InChI=1S/C18H22N4O3S/c1-3-22(4-2)18(24)13-7-9-14(10-8-13)20-16(23)12-25-21-17(19)15-6-5-11-26-15/h5-11H,3-4,12H2,1-2H3,(H2,19,21)(H,20,23). The summed E-state index contributed by atoms with van der Waals surface area (Å²) < 4.78 is 0. The normalized spacial score (nSPS) is 11.1. The number of hydrogen-bond acceptors (Lipinski definition) is 5. The van der Waals surface area contributed by atoms with Gasteiger partial charge >= 0.3 is 0 Å². The molecule has 26 heavy (non-hydrogen) atoms. The Kier molecular flexibility index (Phi) is 7.16. The van der Waals surface area contributed by atoms with Gasteiger partial charge in [0.05, 0.1) is 4.88 Å². The van der Waals surface area contributed by atoms with Crippen molar-refractivity contribution >= 4 is 34.7 Å². The van der Waals surface area contributed by atoms with Crippen LogP contribution in [0, 0.1) is 0 Å². The van der Waals surface area contributed by atoms with Crippen molar-refractivity contribution < 1.29 is 14.4 Å². The molecule has 2 rings (SSSR count). The first-order chi connectivity index (χ1) is 12.5. The summed E-state index contributed by atoms with van der Waals surface area (Å²) in [7, 11) is 0. The molecule has 0 spiro atoms. The third kappa shape index (κ3) is 5.32. The van der Waals surface area contributed by atoms with Crippen molar-refractivity contribution in [2.24, 2.45) is 10.9 Å². The molecule has 0 fully saturated rings. The molecule has 8 heteroatoms. The Labute approximate surface area is 156 Å². The minimum absolute atomic E-state index is 0.0328. The number of nitrogens with zero attached hydrogens (tertiary/aromatic N) is 2. The Morgan fingerprint density at radius 2 is 1.88 bits per heavy atom. The monoisotopic (exact) mass is 374 g/mol. The first-order valence-corrected chi connectivity index (χ1v) is 9.11. The predicted molar refractivity (Wildman–Crippen MR) is 103 cm³/mol. The number of amides is 2. The lowest BCUT2D eigenvalue weighted by atomic mass is 10.2. The molecular formula is C18H22N4O3S. The smallest absolute Gasteiger partial charge is 0.265 e. The molecule has 1 aromatic carbocycles. The average molecular weight is 374 g/mol. The Morgan fingerprint density at radius 1 is 1.19 bits per heavy atom. The number of amidine groups is 1. The van der Waals surface area contributed by atoms with Gasteiger partial charge in [-0.2, -0.15) is 0 Å². The van der Waals surface area contributed by atoms with Crippen molar-refractivity contribution in [3.05, 3.63) is 52.2 Å². The number of rotatable bonds is 8. The molecule has 1 heterocycles. The number of oxime groups is 1. The van der Waals surface area contributed by atoms with Gasteiger partial charge in [0.2, 0.25) is 0 Å². The maximum absolute atomic E-state index is 12.2. The van der Waals surface area contributed by atoms with Gasteiger partial charge in [-0.05, 0) is 49.6 Å². The van der Waals surface area contributed by atoms with Gasteiger partial charge < -0.3 is 20.8 Å². The highest BCUT2D eigenvalue weighted by molar-refractivity contribution is 7.12. The zero-order valence-corrected chi connectivity index (χ0v) is 15.6. The topological polar surface area (TPSA) is 97.0 Å². The zero-order valence-electron chi connectivity index (χ0n) is 14.8. The Bertz CT molecular complexity index is 753. The van der Waals surface area contributed by atoms with Crippen molar-refractivity contribution in [3.8, 4) is 0 Å². The lowest BCUT2D eigenvalue weighted by Crippen LogP contribution is -2.30. The number of thiophene rings is 1. The van der Waals surface area contributed by atoms with Crippen LogP contribution in [0.3, 0.4) is 0 Å². The molecule has 0 atom stereocenters. The molecule has 0 radical (unpaired) electrons. The van der Waals surface area contributed by atoms with Crippen LogP contribution in [0.2, 0.25) is 0 Å². The summed E-state index contributed by atoms with van der Waals surface area (Å²) >= 11 is 1.43. The van der Waals surface area contributed by atoms with Crippen LogP contribution >= 0.6 is 11.3 Å². The lowest BCUT2D eigenvalue weighted by Gasteiger charge is -2.18. The average Bonchev–Trinajstić information content (AvgIpc) is 3.18. The van der Waals surface area contributed by atoms with Gasteiger partial charge in [0, 0.05) is 24.3 Å². The Morgan fingerprint density at radius 3 is 2.46 bits per heavy atom. The summed E-state index contributed by atoms with van der Waals surface area (Å²) in [4.78, 5) is 31.6. The molecule has 0 aliphatic heterocycles. The fourth-order valence-corrected chi connectivity index (χ4v) is 2.84. The fraction of sp³-hybridized carbons (Fsp3) is 0.278. The molecule has 0 saturated heterocycles. The summed E-state index contributed by atoms with van der Waals surface area (Å²) in [6, 6.07) is 10.4. The van der Waals surface area contributed by atoms with Crippen molar-refractivity contribution in [1.82, 2.24) is 4.90 Å². The maximum atomic E-state index is 12.2. The molecular weight excluding hydrogens is 352 g/mol. The van der Waals surface area contributed by atoms with Crippen LogP contribution in [-0.2, 0) is 9.63 Å². The van der Waals surface area contributed by atoms with Crippen LogP contribution in [0.1, 0.15) is 29.1 Å². The van der Waals surface area contributed by atoms with Gasteiger partial charge in [-0.1, -0.05) is 11.2 Å². The third-order valence-corrected chi connectivity index (χ3v) is 4.49. The van der Waals surface area contributed by atoms with E-state index in [1.54, 1.807) is 29.2 Å². The molecule has 2 amide bonds. The van der Waals surface area contributed by atoms with Crippen LogP contribution in [0.25, 0.3) is 0 Å². The summed E-state index contributed by atoms with van der Waals surface area (Å²) in [5, 5.41) is 8.27. The van der Waals surface area contributed by atoms with Gasteiger partial charge in [0.1, 0.15) is 0 Å². The number of hydrogen-bond donors (Lipinski definition) is 2. The molecule has 3 N–H and O–H groups in total. The SMILES string of the molecule is CCN(CC)C(=O)c1ccc(NC(=O)CO/N=C(\N)c2cccs2)cc1. The summed E-state index contributed by atoms with van der Waals surface area (Å²) in [6.07, 6.45) is 0. The second-order valence-electron chi connectivity index (χ2n) is 5.33. The predicted octanol–water partition coefficient (Wildman–Crippen LogP) is 2.51. The molecule has 0 aliphatic rings. The van der Waals surface area contributed by atoms with E-state index >= 15 is 0 Å². The minimum Gasteiger partial charge on any atom is -0.384 e. The third-order valence-electron chi connectivity index (χ3n) is 3.60. The van der Waals surface area contributed by atoms with E-state index in [2.05, 4.69) is 10.5 Å². The van der Waals surface area contributed by atoms with Crippen molar-refractivity contribution in [3.63, 3.8) is 0 Å². The largest absolute Gasteiger partial charge is 0.384 e. The molecule has 0 saturated carbocycles. The highest BCUT2D eigenvalue weighted by Gasteiger charge is 2.12. The fourth-order valence-electron chi connectivity index (χ4n) is 2.22. The number of nitrogens with two attached hydrogens (primary N) is 1. The summed E-state index contributed by atoms with van der Waals surface area (Å²) in [5.41, 5.74) is 6.89. The van der Waals surface area contributed by atoms with Crippen LogP contribution in [0.15, 0.2) is 46.9 Å². The van der Waals surface area contributed by atoms with Crippen molar-refractivity contribution in [2.45, 2.75) is 13.8 Å². The second kappa shape index (κ2) is 9.57. The maximum Gasteiger partial charge on any atom is 0.265 e. The van der Waals surface area contributed by atoms with Crippen LogP contribution in [-0.4, -0.2) is 42.2 Å². The van der Waals surface area contributed by atoms with Crippen LogP contribution in [0.4, 0.5) is 5.69 Å². The van der Waals surface area contributed by atoms with Crippen LogP contribution in [0.5, 0.6) is 0 Å². The molecule has 0 aliphatic carbocycles.